The number of hydrogen-bond acceptors (Lipinski definition) is 3. The molecule has 0 atom stereocenters. The van der Waals surface area contributed by atoms with Crippen LogP contribution in [0.25, 0.3) is 0 Å². The molecule has 0 saturated carbocycles. The number of rotatable bonds is 3. The Kier molecular flexibility index (Phi) is 3.23. The highest BCUT2D eigenvalue weighted by Gasteiger charge is 2.28. The molecule has 4 nitrogen and oxygen atoms in total. The lowest BCUT2D eigenvalue weighted by atomic mass is 10.1. The molecule has 1 fully saturated rings. The minimum Gasteiger partial charge on any atom is -0.435 e. The van der Waals surface area contributed by atoms with Crippen LogP contribution in [0.2, 0.25) is 0 Å². The molecular weight excluding hydrogens is 230 g/mol. The molecule has 6 heteroatoms. The monoisotopic (exact) mass is 242 g/mol. The van der Waals surface area contributed by atoms with Gasteiger partial charge in [-0.15, -0.1) is 0 Å². The first kappa shape index (κ1) is 11.8. The topological polar surface area (TPSA) is 55.6 Å². The highest BCUT2D eigenvalue weighted by atomic mass is 19.3. The summed E-state index contributed by atoms with van der Waals surface area (Å²) in [6.07, 6.45) is 0. The summed E-state index contributed by atoms with van der Waals surface area (Å²) in [7, 11) is 0. The van der Waals surface area contributed by atoms with Gasteiger partial charge in [-0.25, -0.2) is 0 Å². The first-order valence-electron chi connectivity index (χ1n) is 5.16. The second-order valence-corrected chi connectivity index (χ2v) is 3.88. The van der Waals surface area contributed by atoms with Crippen molar-refractivity contribution in [2.24, 2.45) is 5.73 Å². The van der Waals surface area contributed by atoms with Crippen LogP contribution < -0.4 is 10.5 Å². The van der Waals surface area contributed by atoms with Gasteiger partial charge in [-0.1, -0.05) is 6.07 Å². The molecule has 92 valence electrons. The highest BCUT2D eigenvalue weighted by Crippen LogP contribution is 2.19. The fourth-order valence-electron chi connectivity index (χ4n) is 1.67. The third-order valence-electron chi connectivity index (χ3n) is 2.50. The number of nitrogens with zero attached hydrogens (tertiary/aromatic N) is 1. The SMILES string of the molecule is NC1CN(C(=O)c2cccc(OC(F)F)c2)C1. The molecule has 0 bridgehead atoms. The highest BCUT2D eigenvalue weighted by molar-refractivity contribution is 5.95. The quantitative estimate of drug-likeness (QED) is 0.862. The van der Waals surface area contributed by atoms with Crippen LogP contribution in [0.15, 0.2) is 24.3 Å². The molecule has 1 aliphatic rings. The normalized spacial score (nSPS) is 15.9. The standard InChI is InChI=1S/C11H12F2N2O2/c12-11(13)17-9-3-1-2-7(4-9)10(16)15-5-8(14)6-15/h1-4,8,11H,5-6,14H2. The van der Waals surface area contributed by atoms with Gasteiger partial charge in [0.2, 0.25) is 0 Å². The second kappa shape index (κ2) is 4.67. The van der Waals surface area contributed by atoms with E-state index in [4.69, 9.17) is 5.73 Å². The van der Waals surface area contributed by atoms with E-state index in [0.29, 0.717) is 18.7 Å². The maximum atomic E-state index is 12.0. The summed E-state index contributed by atoms with van der Waals surface area (Å²) in [5, 5.41) is 0. The van der Waals surface area contributed by atoms with Crippen LogP contribution in [0.1, 0.15) is 10.4 Å². The summed E-state index contributed by atoms with van der Waals surface area (Å²) in [6, 6.07) is 5.76. The Morgan fingerprint density at radius 1 is 1.47 bits per heavy atom. The number of ether oxygens (including phenoxy) is 1. The van der Waals surface area contributed by atoms with E-state index in [2.05, 4.69) is 4.74 Å². The smallest absolute Gasteiger partial charge is 0.387 e. The van der Waals surface area contributed by atoms with Crippen LogP contribution >= 0.6 is 0 Å². The Morgan fingerprint density at radius 3 is 2.76 bits per heavy atom. The Balaban J connectivity index is 2.07. The number of alkyl halides is 2. The van der Waals surface area contributed by atoms with Crippen LogP contribution in [0.5, 0.6) is 5.75 Å². The predicted molar refractivity (Wildman–Crippen MR) is 57.0 cm³/mol. The molecule has 1 saturated heterocycles. The zero-order valence-corrected chi connectivity index (χ0v) is 8.98. The largest absolute Gasteiger partial charge is 0.435 e. The van der Waals surface area contributed by atoms with Crippen molar-refractivity contribution in [1.82, 2.24) is 4.90 Å². The number of hydrogen-bond donors (Lipinski definition) is 1. The van der Waals surface area contributed by atoms with E-state index in [-0.39, 0.29) is 17.7 Å². The average molecular weight is 242 g/mol. The van der Waals surface area contributed by atoms with E-state index in [0.717, 1.165) is 0 Å². The number of carbonyl (C=O) groups excluding carboxylic acids is 1. The zero-order valence-electron chi connectivity index (χ0n) is 8.98. The van der Waals surface area contributed by atoms with E-state index >= 15 is 0 Å². The maximum Gasteiger partial charge on any atom is 0.387 e. The Morgan fingerprint density at radius 2 is 2.18 bits per heavy atom. The van der Waals surface area contributed by atoms with Crippen molar-refractivity contribution in [3.8, 4) is 5.75 Å². The van der Waals surface area contributed by atoms with Gasteiger partial charge in [0.25, 0.3) is 5.91 Å². The number of carbonyl (C=O) groups is 1. The molecule has 2 N–H and O–H groups in total. The summed E-state index contributed by atoms with van der Waals surface area (Å²) in [5.41, 5.74) is 5.89. The van der Waals surface area contributed by atoms with Gasteiger partial charge in [-0.05, 0) is 18.2 Å². The van der Waals surface area contributed by atoms with Gasteiger partial charge in [0.15, 0.2) is 0 Å². The van der Waals surface area contributed by atoms with Gasteiger partial charge in [-0.2, -0.15) is 8.78 Å². The van der Waals surface area contributed by atoms with Gasteiger partial charge in [0.1, 0.15) is 5.75 Å². The van der Waals surface area contributed by atoms with Crippen LogP contribution in [0, 0.1) is 0 Å². The summed E-state index contributed by atoms with van der Waals surface area (Å²) in [6.45, 7) is -1.89. The van der Waals surface area contributed by atoms with E-state index < -0.39 is 6.61 Å². The molecule has 0 aliphatic carbocycles. The van der Waals surface area contributed by atoms with Crippen molar-refractivity contribution in [2.45, 2.75) is 12.7 Å². The van der Waals surface area contributed by atoms with Gasteiger partial charge < -0.3 is 15.4 Å². The molecule has 1 aromatic carbocycles. The lowest BCUT2D eigenvalue weighted by Gasteiger charge is -2.36. The number of halogens is 2. The fourth-order valence-corrected chi connectivity index (χ4v) is 1.67. The molecule has 1 heterocycles. The van der Waals surface area contributed by atoms with Crippen molar-refractivity contribution in [3.05, 3.63) is 29.8 Å². The van der Waals surface area contributed by atoms with Crippen molar-refractivity contribution in [2.75, 3.05) is 13.1 Å². The minimum absolute atomic E-state index is 0.0134. The molecular formula is C11H12F2N2O2. The maximum absolute atomic E-state index is 12.0. The number of nitrogens with two attached hydrogens (primary N) is 1. The Bertz CT molecular complexity index is 420. The second-order valence-electron chi connectivity index (χ2n) is 3.88. The molecule has 0 spiro atoms. The first-order valence-corrected chi connectivity index (χ1v) is 5.16. The van der Waals surface area contributed by atoms with E-state index in [1.807, 2.05) is 0 Å². The van der Waals surface area contributed by atoms with Gasteiger partial charge in [0.05, 0.1) is 0 Å². The van der Waals surface area contributed by atoms with Gasteiger partial charge in [0, 0.05) is 24.7 Å². The van der Waals surface area contributed by atoms with E-state index in [9.17, 15) is 13.6 Å². The van der Waals surface area contributed by atoms with Crippen LogP contribution in [0.4, 0.5) is 8.78 Å². The van der Waals surface area contributed by atoms with E-state index in [1.54, 1.807) is 11.0 Å². The van der Waals surface area contributed by atoms with Gasteiger partial charge >= 0.3 is 6.61 Å². The average Bonchev–Trinajstić information content (AvgIpc) is 2.23. The Labute approximate surface area is 97.0 Å². The number of benzene rings is 1. The summed E-state index contributed by atoms with van der Waals surface area (Å²) >= 11 is 0. The molecule has 0 radical (unpaired) electrons. The molecule has 0 aromatic heterocycles. The predicted octanol–water partition coefficient (Wildman–Crippen LogP) is 1.07. The van der Waals surface area contributed by atoms with Crippen LogP contribution in [-0.4, -0.2) is 36.5 Å². The van der Waals surface area contributed by atoms with Crippen molar-refractivity contribution in [3.63, 3.8) is 0 Å². The molecule has 17 heavy (non-hydrogen) atoms. The summed E-state index contributed by atoms with van der Waals surface area (Å²) in [4.78, 5) is 13.4. The molecule has 0 unspecified atom stereocenters. The number of likely N-dealkylation sites (tertiary alicyclic amines) is 1. The van der Waals surface area contributed by atoms with Crippen molar-refractivity contribution in [1.29, 1.82) is 0 Å². The van der Waals surface area contributed by atoms with Crippen LogP contribution in [0.3, 0.4) is 0 Å². The number of amides is 1. The first-order chi connectivity index (χ1) is 8.06. The van der Waals surface area contributed by atoms with Crippen molar-refractivity contribution < 1.29 is 18.3 Å². The molecule has 1 amide bonds. The molecule has 2 rings (SSSR count). The molecule has 1 aliphatic heterocycles. The lowest BCUT2D eigenvalue weighted by Crippen LogP contribution is -2.57. The zero-order chi connectivity index (χ0) is 12.4. The molecule has 1 aromatic rings. The van der Waals surface area contributed by atoms with Crippen LogP contribution in [-0.2, 0) is 0 Å². The van der Waals surface area contributed by atoms with E-state index in [1.165, 1.54) is 18.2 Å². The third kappa shape index (κ3) is 2.71. The van der Waals surface area contributed by atoms with Crippen molar-refractivity contribution >= 4 is 5.91 Å². The summed E-state index contributed by atoms with van der Waals surface area (Å²) < 4.78 is 28.2. The Hall–Kier alpha value is -1.69. The minimum atomic E-state index is -2.89. The fraction of sp³-hybridized carbons (Fsp3) is 0.364. The third-order valence-corrected chi connectivity index (χ3v) is 2.50. The van der Waals surface area contributed by atoms with Gasteiger partial charge in [-0.3, -0.25) is 4.79 Å². The summed E-state index contributed by atoms with van der Waals surface area (Å²) in [5.74, 6) is -0.234. The lowest BCUT2D eigenvalue weighted by molar-refractivity contribution is -0.0499.